The monoisotopic (exact) mass is 570 g/mol. The van der Waals surface area contributed by atoms with Gasteiger partial charge >= 0.3 is 0 Å². The summed E-state index contributed by atoms with van der Waals surface area (Å²) in [6.45, 7) is -1.10. The molecule has 2 saturated heterocycles. The lowest BCUT2D eigenvalue weighted by molar-refractivity contribution is -0.0495. The minimum absolute atomic E-state index is 0.00198. The number of aliphatic hydroxyl groups excluding tert-OH is 4. The van der Waals surface area contributed by atoms with E-state index in [1.165, 1.54) is 21.8 Å². The van der Waals surface area contributed by atoms with Crippen molar-refractivity contribution in [3.63, 3.8) is 0 Å². The topological polar surface area (TPSA) is 279 Å². The third-order valence-corrected chi connectivity index (χ3v) is 6.39. The number of hydrogen-bond acceptors (Lipinski definition) is 14. The fraction of sp³-hybridized carbons (Fsp3) is 0.500. The Morgan fingerprint density at radius 3 is 1.73 bits per heavy atom. The van der Waals surface area contributed by atoms with Gasteiger partial charge in [0.2, 0.25) is 11.9 Å². The molecule has 0 bridgehead atoms. The second kappa shape index (κ2) is 10.5. The van der Waals surface area contributed by atoms with E-state index >= 15 is 0 Å². The van der Waals surface area contributed by atoms with Crippen molar-refractivity contribution in [2.45, 2.75) is 49.2 Å². The maximum atomic E-state index is 14.0. The average molecular weight is 570 g/mol. The number of nitrogens with one attached hydrogen (secondary N) is 2. The number of hydrogen-bond donors (Lipinski definition) is 8. The maximum absolute atomic E-state index is 14.0. The zero-order valence-corrected chi connectivity index (χ0v) is 20.2. The van der Waals surface area contributed by atoms with Crippen LogP contribution in [0.5, 0.6) is 0 Å². The van der Waals surface area contributed by atoms with Crippen LogP contribution in [0.3, 0.4) is 0 Å². The van der Waals surface area contributed by atoms with Gasteiger partial charge in [-0.1, -0.05) is 0 Å². The summed E-state index contributed by atoms with van der Waals surface area (Å²) < 4.78 is 40.6. The highest BCUT2D eigenvalue weighted by atomic mass is 19.1. The van der Waals surface area contributed by atoms with Crippen LogP contribution in [0.15, 0.2) is 22.2 Å². The first-order valence-corrected chi connectivity index (χ1v) is 11.7. The van der Waals surface area contributed by atoms with Crippen LogP contribution >= 0.6 is 0 Å². The van der Waals surface area contributed by atoms with Crippen LogP contribution in [-0.4, -0.2) is 109 Å². The van der Waals surface area contributed by atoms with E-state index in [1.54, 1.807) is 0 Å². The van der Waals surface area contributed by atoms with Gasteiger partial charge in [-0.3, -0.25) is 28.7 Å². The van der Waals surface area contributed by atoms with Gasteiger partial charge in [0.15, 0.2) is 47.1 Å². The van der Waals surface area contributed by atoms with Crippen LogP contribution in [0.1, 0.15) is 12.5 Å². The van der Waals surface area contributed by atoms with Gasteiger partial charge < -0.3 is 41.4 Å². The van der Waals surface area contributed by atoms with E-state index in [-0.39, 0.29) is 34.2 Å². The molecule has 0 spiro atoms. The highest BCUT2D eigenvalue weighted by Gasteiger charge is 2.46. The van der Waals surface area contributed by atoms with Crippen molar-refractivity contribution in [1.82, 2.24) is 39.0 Å². The predicted octanol–water partition coefficient (Wildman–Crippen LogP) is -3.42. The number of aromatic amines is 2. The van der Waals surface area contributed by atoms with Crippen molar-refractivity contribution in [3.8, 4) is 0 Å². The smallest absolute Gasteiger partial charge is 0.280 e. The van der Waals surface area contributed by atoms with E-state index in [1.807, 2.05) is 0 Å². The minimum atomic E-state index is -1.79. The van der Waals surface area contributed by atoms with Crippen LogP contribution < -0.4 is 22.6 Å². The van der Waals surface area contributed by atoms with Crippen molar-refractivity contribution in [2.75, 3.05) is 24.7 Å². The summed E-state index contributed by atoms with van der Waals surface area (Å²) >= 11 is 0. The van der Waals surface area contributed by atoms with Gasteiger partial charge in [-0.15, -0.1) is 0 Å². The largest absolute Gasteiger partial charge is 0.394 e. The van der Waals surface area contributed by atoms with Crippen LogP contribution in [-0.2, 0) is 9.47 Å². The van der Waals surface area contributed by atoms with Crippen molar-refractivity contribution in [1.29, 1.82) is 0 Å². The van der Waals surface area contributed by atoms with Crippen LogP contribution in [0.25, 0.3) is 22.3 Å². The number of nitrogens with zero attached hydrogens (tertiary/aromatic N) is 6. The number of halogens is 2. The Balaban J connectivity index is 0.000000161. The number of anilines is 2. The average Bonchev–Trinajstić information content (AvgIpc) is 3.66. The quantitative estimate of drug-likeness (QED) is 0.119. The van der Waals surface area contributed by atoms with Crippen molar-refractivity contribution in [3.05, 3.63) is 33.4 Å². The number of H-pyrrole nitrogens is 2. The normalized spacial score (nSPS) is 30.1. The molecule has 2 aliphatic heterocycles. The van der Waals surface area contributed by atoms with Gasteiger partial charge in [-0.25, -0.2) is 18.7 Å². The molecule has 0 unspecified atom stereocenters. The Bertz CT molecular complexity index is 1520. The molecular formula is C20H24F2N10O8. The number of nitrogen functional groups attached to an aromatic ring is 2. The van der Waals surface area contributed by atoms with E-state index in [2.05, 4.69) is 29.9 Å². The standard InChI is InChI=1S/2C10H12FN5O4/c11-4-6(18)3(1-17)20-9(4)16-2-13-5-7(16)14-10(12)15-8(5)19;11-4-3(1-17)20-9(6(4)18)16-2-13-5-7(16)14-10(12)15-8(5)19/h2*2-4,6,9,17-18H,1H2,(H3,12,14,15,19)/t2*3-,4-,6+,9-/m11/s1. The molecule has 0 aliphatic carbocycles. The highest BCUT2D eigenvalue weighted by molar-refractivity contribution is 5.71. The molecule has 0 radical (unpaired) electrons. The van der Waals surface area contributed by atoms with Gasteiger partial charge in [0.1, 0.15) is 24.4 Å². The summed E-state index contributed by atoms with van der Waals surface area (Å²) in [6.07, 6.45) is -8.70. The Hall–Kier alpha value is -4.08. The molecule has 8 atom stereocenters. The SMILES string of the molecule is Nc1nc2c(ncn2[C@@H]2O[C@H](CO)[C@@H](F)[C@@H]2O)c(=O)[nH]1.Nc1nc2c(ncn2[C@@H]2O[C@H](CO)[C@H](O)[C@H]2F)c(=O)[nH]1. The third kappa shape index (κ3) is 4.55. The molecule has 4 aromatic heterocycles. The van der Waals surface area contributed by atoms with E-state index in [0.717, 1.165) is 0 Å². The third-order valence-electron chi connectivity index (χ3n) is 6.39. The lowest BCUT2D eigenvalue weighted by atomic mass is 10.1. The van der Waals surface area contributed by atoms with Crippen LogP contribution in [0, 0.1) is 0 Å². The van der Waals surface area contributed by atoms with Crippen LogP contribution in [0.4, 0.5) is 20.7 Å². The van der Waals surface area contributed by atoms with Crippen molar-refractivity contribution in [2.24, 2.45) is 0 Å². The molecule has 40 heavy (non-hydrogen) atoms. The molecule has 2 fully saturated rings. The summed E-state index contributed by atoms with van der Waals surface area (Å²) in [5.41, 5.74) is 9.87. The van der Waals surface area contributed by atoms with Gasteiger partial charge in [0.25, 0.3) is 11.1 Å². The lowest BCUT2D eigenvalue weighted by Crippen LogP contribution is -2.30. The Kier molecular flexibility index (Phi) is 7.20. The van der Waals surface area contributed by atoms with Gasteiger partial charge in [-0.2, -0.15) is 9.97 Å². The summed E-state index contributed by atoms with van der Waals surface area (Å²) in [6, 6.07) is 0. The second-order valence-electron chi connectivity index (χ2n) is 8.92. The summed E-state index contributed by atoms with van der Waals surface area (Å²) in [5.74, 6) is -0.274. The number of aromatic nitrogens is 8. The molecule has 10 N–H and O–H groups in total. The molecule has 20 heteroatoms. The number of ether oxygens (including phenoxy) is 2. The minimum Gasteiger partial charge on any atom is -0.394 e. The zero-order chi connectivity index (χ0) is 28.9. The number of nitrogens with two attached hydrogens (primary N) is 2. The molecule has 2 aliphatic rings. The van der Waals surface area contributed by atoms with E-state index in [4.69, 9.17) is 31.2 Å². The van der Waals surface area contributed by atoms with Crippen molar-refractivity contribution >= 4 is 34.2 Å². The number of aliphatic hydroxyl groups is 4. The summed E-state index contributed by atoms with van der Waals surface area (Å²) in [7, 11) is 0. The molecule has 0 aromatic carbocycles. The first-order chi connectivity index (χ1) is 19.0. The molecule has 6 rings (SSSR count). The first-order valence-electron chi connectivity index (χ1n) is 11.7. The molecule has 216 valence electrons. The molecule has 0 amide bonds. The zero-order valence-electron chi connectivity index (χ0n) is 20.2. The summed E-state index contributed by atoms with van der Waals surface area (Å²) in [4.78, 5) is 43.2. The maximum Gasteiger partial charge on any atom is 0.280 e. The molecular weight excluding hydrogens is 546 g/mol. The number of rotatable bonds is 4. The van der Waals surface area contributed by atoms with Gasteiger partial charge in [0.05, 0.1) is 25.9 Å². The summed E-state index contributed by atoms with van der Waals surface area (Å²) in [5, 5.41) is 37.4. The fourth-order valence-electron chi connectivity index (χ4n) is 4.42. The highest BCUT2D eigenvalue weighted by Crippen LogP contribution is 2.34. The first kappa shape index (κ1) is 27.5. The number of imidazole rings is 2. The molecule has 4 aromatic rings. The molecule has 6 heterocycles. The van der Waals surface area contributed by atoms with Gasteiger partial charge in [-0.05, 0) is 0 Å². The Labute approximate surface area is 219 Å². The van der Waals surface area contributed by atoms with E-state index < -0.39 is 73.5 Å². The van der Waals surface area contributed by atoms with E-state index in [9.17, 15) is 28.6 Å². The molecule has 0 saturated carbocycles. The Morgan fingerprint density at radius 1 is 0.800 bits per heavy atom. The van der Waals surface area contributed by atoms with Gasteiger partial charge in [0, 0.05) is 0 Å². The lowest BCUT2D eigenvalue weighted by Gasteiger charge is -2.15. The Morgan fingerprint density at radius 2 is 1.27 bits per heavy atom. The number of alkyl halides is 2. The number of fused-ring (bicyclic) bond motifs is 2. The van der Waals surface area contributed by atoms with E-state index in [0.29, 0.717) is 0 Å². The fourth-order valence-corrected chi connectivity index (χ4v) is 4.42. The predicted molar refractivity (Wildman–Crippen MR) is 129 cm³/mol. The van der Waals surface area contributed by atoms with Crippen molar-refractivity contribution < 1.29 is 38.7 Å². The second-order valence-corrected chi connectivity index (χ2v) is 8.92. The molecule has 18 nitrogen and oxygen atoms in total. The van der Waals surface area contributed by atoms with Crippen LogP contribution in [0.2, 0.25) is 0 Å².